The summed E-state index contributed by atoms with van der Waals surface area (Å²) in [5.74, 6) is -0.0522. The number of piperazine rings is 1. The van der Waals surface area contributed by atoms with Gasteiger partial charge in [0, 0.05) is 57.6 Å². The standard InChI is InChI=1S/C22H29N3O2/c1-19(26)23-21-10-8-20(9-11-21)18-27-17-5-12-24-13-15-25(16-14-24)22-6-3-2-4-7-22/h2-4,6-11H,5,12-18H2,1H3,(H,23,26). The number of hydrogen-bond acceptors (Lipinski definition) is 4. The molecule has 0 unspecified atom stereocenters. The molecule has 1 N–H and O–H groups in total. The van der Waals surface area contributed by atoms with Crippen LogP contribution in [0.5, 0.6) is 0 Å². The van der Waals surface area contributed by atoms with Gasteiger partial charge in [-0.3, -0.25) is 9.69 Å². The first-order valence-electron chi connectivity index (χ1n) is 9.67. The first-order valence-corrected chi connectivity index (χ1v) is 9.67. The lowest BCUT2D eigenvalue weighted by Gasteiger charge is -2.36. The van der Waals surface area contributed by atoms with Crippen LogP contribution in [0.4, 0.5) is 11.4 Å². The number of benzene rings is 2. The zero-order valence-corrected chi connectivity index (χ0v) is 16.1. The van der Waals surface area contributed by atoms with E-state index in [1.807, 2.05) is 24.3 Å². The Kier molecular flexibility index (Phi) is 7.25. The molecule has 1 amide bonds. The van der Waals surface area contributed by atoms with Gasteiger partial charge in [0.15, 0.2) is 0 Å². The molecule has 0 bridgehead atoms. The topological polar surface area (TPSA) is 44.8 Å². The Morgan fingerprint density at radius 1 is 1.00 bits per heavy atom. The van der Waals surface area contributed by atoms with Crippen molar-refractivity contribution in [1.82, 2.24) is 4.90 Å². The van der Waals surface area contributed by atoms with Crippen LogP contribution in [-0.2, 0) is 16.1 Å². The second-order valence-electron chi connectivity index (χ2n) is 6.95. The molecule has 0 atom stereocenters. The number of para-hydroxylation sites is 1. The van der Waals surface area contributed by atoms with E-state index in [1.165, 1.54) is 12.6 Å². The second kappa shape index (κ2) is 10.1. The molecule has 0 saturated carbocycles. The highest BCUT2D eigenvalue weighted by molar-refractivity contribution is 5.88. The number of nitrogens with one attached hydrogen (secondary N) is 1. The van der Waals surface area contributed by atoms with E-state index < -0.39 is 0 Å². The zero-order chi connectivity index (χ0) is 18.9. The second-order valence-corrected chi connectivity index (χ2v) is 6.95. The lowest BCUT2D eigenvalue weighted by molar-refractivity contribution is -0.114. The van der Waals surface area contributed by atoms with Crippen molar-refractivity contribution in [3.8, 4) is 0 Å². The average molecular weight is 367 g/mol. The predicted octanol–water partition coefficient (Wildman–Crippen LogP) is 3.37. The monoisotopic (exact) mass is 367 g/mol. The van der Waals surface area contributed by atoms with Gasteiger partial charge in [0.05, 0.1) is 6.61 Å². The molecule has 5 nitrogen and oxygen atoms in total. The van der Waals surface area contributed by atoms with Crippen molar-refractivity contribution in [2.45, 2.75) is 20.0 Å². The first kappa shape index (κ1) is 19.4. The van der Waals surface area contributed by atoms with E-state index in [2.05, 4.69) is 45.4 Å². The molecule has 0 spiro atoms. The summed E-state index contributed by atoms with van der Waals surface area (Å²) in [6.45, 7) is 8.38. The van der Waals surface area contributed by atoms with Crippen LogP contribution in [0.25, 0.3) is 0 Å². The zero-order valence-electron chi connectivity index (χ0n) is 16.1. The van der Waals surface area contributed by atoms with Gasteiger partial charge in [-0.2, -0.15) is 0 Å². The molecule has 1 fully saturated rings. The number of hydrogen-bond donors (Lipinski definition) is 1. The Bertz CT molecular complexity index is 695. The molecule has 1 aliphatic heterocycles. The number of ether oxygens (including phenoxy) is 1. The van der Waals surface area contributed by atoms with E-state index in [0.29, 0.717) is 6.61 Å². The fourth-order valence-corrected chi connectivity index (χ4v) is 3.34. The first-order chi connectivity index (χ1) is 13.2. The fraction of sp³-hybridized carbons (Fsp3) is 0.409. The van der Waals surface area contributed by atoms with Crippen LogP contribution in [0.15, 0.2) is 54.6 Å². The normalized spacial score (nSPS) is 14.9. The van der Waals surface area contributed by atoms with E-state index >= 15 is 0 Å². The third-order valence-electron chi connectivity index (χ3n) is 4.80. The van der Waals surface area contributed by atoms with Gasteiger partial charge in [-0.25, -0.2) is 0 Å². The van der Waals surface area contributed by atoms with Gasteiger partial charge in [-0.05, 0) is 36.2 Å². The van der Waals surface area contributed by atoms with Crippen molar-refractivity contribution in [2.75, 3.05) is 49.5 Å². The molecule has 0 radical (unpaired) electrons. The smallest absolute Gasteiger partial charge is 0.221 e. The van der Waals surface area contributed by atoms with Gasteiger partial charge >= 0.3 is 0 Å². The minimum absolute atomic E-state index is 0.0522. The molecule has 0 aliphatic carbocycles. The number of anilines is 2. The summed E-state index contributed by atoms with van der Waals surface area (Å²) >= 11 is 0. The molecule has 1 saturated heterocycles. The predicted molar refractivity (Wildman–Crippen MR) is 110 cm³/mol. The summed E-state index contributed by atoms with van der Waals surface area (Å²) in [6.07, 6.45) is 1.05. The maximum Gasteiger partial charge on any atom is 0.221 e. The van der Waals surface area contributed by atoms with E-state index in [4.69, 9.17) is 4.74 Å². The number of rotatable bonds is 8. The Morgan fingerprint density at radius 2 is 1.70 bits per heavy atom. The molecule has 2 aromatic rings. The summed E-state index contributed by atoms with van der Waals surface area (Å²) in [7, 11) is 0. The minimum atomic E-state index is -0.0522. The maximum absolute atomic E-state index is 11.0. The largest absolute Gasteiger partial charge is 0.377 e. The Balaban J connectivity index is 1.28. The highest BCUT2D eigenvalue weighted by Crippen LogP contribution is 2.15. The van der Waals surface area contributed by atoms with Crippen LogP contribution in [0, 0.1) is 0 Å². The Labute approximate surface area is 161 Å². The van der Waals surface area contributed by atoms with Crippen LogP contribution >= 0.6 is 0 Å². The SMILES string of the molecule is CC(=O)Nc1ccc(COCCCN2CCN(c3ccccc3)CC2)cc1. The fourth-order valence-electron chi connectivity index (χ4n) is 3.34. The summed E-state index contributed by atoms with van der Waals surface area (Å²) in [5.41, 5.74) is 3.27. The molecule has 5 heteroatoms. The van der Waals surface area contributed by atoms with E-state index in [1.54, 1.807) is 0 Å². The molecule has 2 aromatic carbocycles. The number of amides is 1. The number of carbonyl (C=O) groups excluding carboxylic acids is 1. The van der Waals surface area contributed by atoms with Crippen LogP contribution in [0.2, 0.25) is 0 Å². The summed E-state index contributed by atoms with van der Waals surface area (Å²) in [5, 5.41) is 2.77. The lowest BCUT2D eigenvalue weighted by Crippen LogP contribution is -2.46. The minimum Gasteiger partial charge on any atom is -0.377 e. The highest BCUT2D eigenvalue weighted by Gasteiger charge is 2.16. The van der Waals surface area contributed by atoms with E-state index in [-0.39, 0.29) is 5.91 Å². The van der Waals surface area contributed by atoms with Crippen molar-refractivity contribution in [1.29, 1.82) is 0 Å². The molecule has 3 rings (SSSR count). The highest BCUT2D eigenvalue weighted by atomic mass is 16.5. The van der Waals surface area contributed by atoms with Crippen molar-refractivity contribution < 1.29 is 9.53 Å². The summed E-state index contributed by atoms with van der Waals surface area (Å²) in [6, 6.07) is 18.5. The van der Waals surface area contributed by atoms with Crippen molar-refractivity contribution in [2.24, 2.45) is 0 Å². The number of nitrogens with zero attached hydrogens (tertiary/aromatic N) is 2. The molecule has 144 valence electrons. The Hall–Kier alpha value is -2.37. The lowest BCUT2D eigenvalue weighted by atomic mass is 10.2. The molecule has 1 aliphatic rings. The third-order valence-corrected chi connectivity index (χ3v) is 4.80. The van der Waals surface area contributed by atoms with Gasteiger partial charge in [-0.1, -0.05) is 30.3 Å². The van der Waals surface area contributed by atoms with Gasteiger partial charge in [0.2, 0.25) is 5.91 Å². The number of carbonyl (C=O) groups is 1. The van der Waals surface area contributed by atoms with Crippen LogP contribution in [0.3, 0.4) is 0 Å². The average Bonchev–Trinajstić information content (AvgIpc) is 2.70. The van der Waals surface area contributed by atoms with Crippen LogP contribution in [0.1, 0.15) is 18.9 Å². The molecule has 1 heterocycles. The molecule has 27 heavy (non-hydrogen) atoms. The quantitative estimate of drug-likeness (QED) is 0.727. The van der Waals surface area contributed by atoms with Crippen molar-refractivity contribution in [3.63, 3.8) is 0 Å². The van der Waals surface area contributed by atoms with Gasteiger partial charge in [-0.15, -0.1) is 0 Å². The van der Waals surface area contributed by atoms with Gasteiger partial charge in [0.25, 0.3) is 0 Å². The van der Waals surface area contributed by atoms with Gasteiger partial charge < -0.3 is 15.0 Å². The van der Waals surface area contributed by atoms with Crippen LogP contribution in [-0.4, -0.2) is 50.1 Å². The third kappa shape index (κ3) is 6.38. The van der Waals surface area contributed by atoms with Crippen LogP contribution < -0.4 is 10.2 Å². The Morgan fingerprint density at radius 3 is 2.37 bits per heavy atom. The van der Waals surface area contributed by atoms with E-state index in [0.717, 1.165) is 57.0 Å². The summed E-state index contributed by atoms with van der Waals surface area (Å²) in [4.78, 5) is 16.0. The maximum atomic E-state index is 11.0. The molecule has 0 aromatic heterocycles. The van der Waals surface area contributed by atoms with Gasteiger partial charge in [0.1, 0.15) is 0 Å². The van der Waals surface area contributed by atoms with E-state index in [9.17, 15) is 4.79 Å². The summed E-state index contributed by atoms with van der Waals surface area (Å²) < 4.78 is 5.80. The van der Waals surface area contributed by atoms with Crippen molar-refractivity contribution in [3.05, 3.63) is 60.2 Å². The van der Waals surface area contributed by atoms with Crippen molar-refractivity contribution >= 4 is 17.3 Å². The molecular formula is C22H29N3O2. The molecular weight excluding hydrogens is 338 g/mol.